The van der Waals surface area contributed by atoms with Crippen LogP contribution in [0.3, 0.4) is 0 Å². The normalized spacial score (nSPS) is 25.6. The maximum absolute atomic E-state index is 12.4. The molecule has 1 aromatic rings. The summed E-state index contributed by atoms with van der Waals surface area (Å²) in [5.74, 6) is 0. The van der Waals surface area contributed by atoms with Crippen molar-refractivity contribution in [1.82, 2.24) is 20.4 Å². The van der Waals surface area contributed by atoms with Crippen LogP contribution in [0.2, 0.25) is 0 Å². The lowest BCUT2D eigenvalue weighted by Crippen LogP contribution is -2.55. The standard InChI is InChI=1S/C19H30N4O/c1-22-11-12-23(2)16(14-22)13-20-19(24)21-18-10-6-4-8-15-7-3-5-9-17(15)18/h3,5,7,9,16,18H,4,6,8,10-14H2,1-2H3,(H2,20,21,24)/t16-,18+/m1/s1. The highest BCUT2D eigenvalue weighted by Gasteiger charge is 2.24. The first-order valence-corrected chi connectivity index (χ1v) is 9.14. The van der Waals surface area contributed by atoms with Gasteiger partial charge >= 0.3 is 6.03 Å². The van der Waals surface area contributed by atoms with E-state index in [4.69, 9.17) is 0 Å². The zero-order valence-corrected chi connectivity index (χ0v) is 14.9. The minimum absolute atomic E-state index is 0.0432. The fraction of sp³-hybridized carbons (Fsp3) is 0.632. The van der Waals surface area contributed by atoms with E-state index in [-0.39, 0.29) is 12.1 Å². The van der Waals surface area contributed by atoms with Gasteiger partial charge in [0.15, 0.2) is 0 Å². The monoisotopic (exact) mass is 330 g/mol. The van der Waals surface area contributed by atoms with E-state index in [1.807, 2.05) is 0 Å². The predicted molar refractivity (Wildman–Crippen MR) is 97.2 cm³/mol. The van der Waals surface area contributed by atoms with Gasteiger partial charge in [-0.2, -0.15) is 0 Å². The van der Waals surface area contributed by atoms with Crippen LogP contribution in [0.15, 0.2) is 24.3 Å². The molecule has 3 rings (SSSR count). The van der Waals surface area contributed by atoms with Gasteiger partial charge < -0.3 is 15.5 Å². The molecule has 1 fully saturated rings. The molecular weight excluding hydrogens is 300 g/mol. The second-order valence-corrected chi connectivity index (χ2v) is 7.25. The Hall–Kier alpha value is -1.59. The zero-order chi connectivity index (χ0) is 16.9. The summed E-state index contributed by atoms with van der Waals surface area (Å²) in [5, 5.41) is 6.28. The molecule has 132 valence electrons. The van der Waals surface area contributed by atoms with Crippen LogP contribution < -0.4 is 10.6 Å². The second-order valence-electron chi connectivity index (χ2n) is 7.25. The average molecular weight is 330 g/mol. The molecule has 0 radical (unpaired) electrons. The molecule has 1 aliphatic heterocycles. The van der Waals surface area contributed by atoms with E-state index in [0.29, 0.717) is 12.6 Å². The lowest BCUT2D eigenvalue weighted by molar-refractivity contribution is 0.114. The van der Waals surface area contributed by atoms with Crippen LogP contribution in [0.5, 0.6) is 0 Å². The van der Waals surface area contributed by atoms with Crippen molar-refractivity contribution < 1.29 is 4.79 Å². The highest BCUT2D eigenvalue weighted by Crippen LogP contribution is 2.28. The number of hydrogen-bond acceptors (Lipinski definition) is 3. The van der Waals surface area contributed by atoms with Crippen LogP contribution in [0, 0.1) is 0 Å². The van der Waals surface area contributed by atoms with E-state index < -0.39 is 0 Å². The van der Waals surface area contributed by atoms with E-state index >= 15 is 0 Å². The van der Waals surface area contributed by atoms with Crippen LogP contribution in [-0.4, -0.2) is 62.1 Å². The number of carbonyl (C=O) groups is 1. The molecule has 1 aliphatic carbocycles. The molecule has 0 unspecified atom stereocenters. The Morgan fingerprint density at radius 1 is 1.21 bits per heavy atom. The molecule has 5 nitrogen and oxygen atoms in total. The van der Waals surface area contributed by atoms with Crippen molar-refractivity contribution in [3.05, 3.63) is 35.4 Å². The molecule has 5 heteroatoms. The number of nitrogens with zero attached hydrogens (tertiary/aromatic N) is 2. The molecular formula is C19H30N4O. The van der Waals surface area contributed by atoms with Gasteiger partial charge in [-0.15, -0.1) is 0 Å². The molecule has 0 aromatic heterocycles. The van der Waals surface area contributed by atoms with Crippen LogP contribution in [0.4, 0.5) is 4.79 Å². The number of aryl methyl sites for hydroxylation is 1. The van der Waals surface area contributed by atoms with Gasteiger partial charge in [0, 0.05) is 32.2 Å². The smallest absolute Gasteiger partial charge is 0.315 e. The van der Waals surface area contributed by atoms with Crippen molar-refractivity contribution in [2.45, 2.75) is 37.8 Å². The van der Waals surface area contributed by atoms with Crippen molar-refractivity contribution in [1.29, 1.82) is 0 Å². The summed E-state index contributed by atoms with van der Waals surface area (Å²) in [6, 6.07) is 9.00. The summed E-state index contributed by atoms with van der Waals surface area (Å²) in [7, 11) is 4.28. The van der Waals surface area contributed by atoms with E-state index in [2.05, 4.69) is 58.8 Å². The van der Waals surface area contributed by atoms with Crippen molar-refractivity contribution in [3.63, 3.8) is 0 Å². The third kappa shape index (κ3) is 4.28. The van der Waals surface area contributed by atoms with E-state index in [0.717, 1.165) is 38.9 Å². The van der Waals surface area contributed by atoms with E-state index in [9.17, 15) is 4.79 Å². The number of likely N-dealkylation sites (N-methyl/N-ethyl adjacent to an activating group) is 2. The Kier molecular flexibility index (Phi) is 5.74. The molecule has 24 heavy (non-hydrogen) atoms. The second kappa shape index (κ2) is 7.99. The van der Waals surface area contributed by atoms with Crippen LogP contribution >= 0.6 is 0 Å². The molecule has 0 spiro atoms. The average Bonchev–Trinajstić information content (AvgIpc) is 2.78. The molecule has 2 aliphatic rings. The minimum Gasteiger partial charge on any atom is -0.337 e. The molecule has 2 atom stereocenters. The molecule has 2 amide bonds. The first-order chi connectivity index (χ1) is 11.6. The Bertz CT molecular complexity index is 562. The maximum Gasteiger partial charge on any atom is 0.315 e. The first kappa shape index (κ1) is 17.2. The van der Waals surface area contributed by atoms with Gasteiger partial charge in [0.1, 0.15) is 0 Å². The quantitative estimate of drug-likeness (QED) is 0.834. The van der Waals surface area contributed by atoms with Crippen LogP contribution in [0.1, 0.15) is 36.4 Å². The summed E-state index contributed by atoms with van der Waals surface area (Å²) >= 11 is 0. The van der Waals surface area contributed by atoms with Crippen molar-refractivity contribution in [2.75, 3.05) is 40.3 Å². The summed E-state index contributed by atoms with van der Waals surface area (Å²) < 4.78 is 0. The predicted octanol–water partition coefficient (Wildman–Crippen LogP) is 2.00. The number of piperazine rings is 1. The largest absolute Gasteiger partial charge is 0.337 e. The Balaban J connectivity index is 1.55. The van der Waals surface area contributed by atoms with Crippen LogP contribution in [0.25, 0.3) is 0 Å². The highest BCUT2D eigenvalue weighted by atomic mass is 16.2. The molecule has 1 heterocycles. The maximum atomic E-state index is 12.4. The van der Waals surface area contributed by atoms with Gasteiger partial charge in [-0.3, -0.25) is 4.90 Å². The van der Waals surface area contributed by atoms with Crippen molar-refractivity contribution >= 4 is 6.03 Å². The van der Waals surface area contributed by atoms with Gasteiger partial charge in [0.05, 0.1) is 6.04 Å². The number of amides is 2. The van der Waals surface area contributed by atoms with E-state index in [1.54, 1.807) is 0 Å². The summed E-state index contributed by atoms with van der Waals surface area (Å²) in [6.07, 6.45) is 4.51. The number of urea groups is 1. The highest BCUT2D eigenvalue weighted by molar-refractivity contribution is 5.74. The molecule has 0 saturated carbocycles. The fourth-order valence-corrected chi connectivity index (χ4v) is 3.81. The van der Waals surface area contributed by atoms with Gasteiger partial charge in [0.2, 0.25) is 0 Å². The Morgan fingerprint density at radius 3 is 2.92 bits per heavy atom. The van der Waals surface area contributed by atoms with E-state index in [1.165, 1.54) is 17.5 Å². The van der Waals surface area contributed by atoms with Gasteiger partial charge in [-0.25, -0.2) is 4.79 Å². The molecule has 0 bridgehead atoms. The topological polar surface area (TPSA) is 47.6 Å². The molecule has 1 aromatic carbocycles. The number of carbonyl (C=O) groups excluding carboxylic acids is 1. The van der Waals surface area contributed by atoms with Crippen LogP contribution in [-0.2, 0) is 6.42 Å². The third-order valence-corrected chi connectivity index (χ3v) is 5.40. The SMILES string of the molecule is CN1CCN(C)[C@H](CNC(=O)N[C@H]2CCCCc3ccccc32)C1. The lowest BCUT2D eigenvalue weighted by Gasteiger charge is -2.37. The van der Waals surface area contributed by atoms with Crippen molar-refractivity contribution in [2.24, 2.45) is 0 Å². The first-order valence-electron chi connectivity index (χ1n) is 9.14. The number of benzene rings is 1. The molecule has 2 N–H and O–H groups in total. The third-order valence-electron chi connectivity index (χ3n) is 5.40. The number of fused-ring (bicyclic) bond motifs is 1. The fourth-order valence-electron chi connectivity index (χ4n) is 3.81. The zero-order valence-electron chi connectivity index (χ0n) is 14.9. The van der Waals surface area contributed by atoms with Gasteiger partial charge in [-0.1, -0.05) is 30.7 Å². The summed E-state index contributed by atoms with van der Waals surface area (Å²) in [5.41, 5.74) is 2.67. The summed E-state index contributed by atoms with van der Waals surface area (Å²) in [4.78, 5) is 17.1. The number of hydrogen-bond donors (Lipinski definition) is 2. The van der Waals surface area contributed by atoms with Crippen molar-refractivity contribution in [3.8, 4) is 0 Å². The lowest BCUT2D eigenvalue weighted by atomic mass is 9.99. The number of rotatable bonds is 3. The van der Waals surface area contributed by atoms with Gasteiger partial charge in [0.25, 0.3) is 0 Å². The Labute approximate surface area is 145 Å². The summed E-state index contributed by atoms with van der Waals surface area (Å²) in [6.45, 7) is 3.85. The molecule has 1 saturated heterocycles. The minimum atomic E-state index is -0.0432. The Morgan fingerprint density at radius 2 is 2.04 bits per heavy atom. The number of nitrogens with one attached hydrogen (secondary N) is 2. The van der Waals surface area contributed by atoms with Gasteiger partial charge in [-0.05, 0) is 44.5 Å².